The maximum absolute atomic E-state index is 4.64. The molecule has 0 unspecified atom stereocenters. The third kappa shape index (κ3) is 2.29. The zero-order chi connectivity index (χ0) is 13.4. The number of hydrogen-bond acceptors (Lipinski definition) is 4. The predicted octanol–water partition coefficient (Wildman–Crippen LogP) is 2.67. The van der Waals surface area contributed by atoms with Gasteiger partial charge in [0.25, 0.3) is 0 Å². The molecule has 0 saturated carbocycles. The summed E-state index contributed by atoms with van der Waals surface area (Å²) in [6.45, 7) is 3.40. The molecule has 0 N–H and O–H groups in total. The average Bonchev–Trinajstić information content (AvgIpc) is 3.18. The molecule has 106 valence electrons. The molecule has 0 spiro atoms. The molecule has 20 heavy (non-hydrogen) atoms. The first-order chi connectivity index (χ1) is 9.90. The van der Waals surface area contributed by atoms with Gasteiger partial charge in [-0.25, -0.2) is 4.98 Å². The molecular formula is C15H20N4S. The van der Waals surface area contributed by atoms with E-state index in [1.807, 2.05) is 11.7 Å². The molecule has 1 aliphatic heterocycles. The van der Waals surface area contributed by atoms with Gasteiger partial charge in [-0.1, -0.05) is 0 Å². The van der Waals surface area contributed by atoms with E-state index in [9.17, 15) is 0 Å². The number of fused-ring (bicyclic) bond motifs is 1. The number of aromatic nitrogens is 3. The smallest absolute Gasteiger partial charge is 0.0954 e. The van der Waals surface area contributed by atoms with Crippen LogP contribution in [0, 0.1) is 0 Å². The topological polar surface area (TPSA) is 34.0 Å². The van der Waals surface area contributed by atoms with Crippen molar-refractivity contribution in [2.75, 3.05) is 13.1 Å². The monoisotopic (exact) mass is 288 g/mol. The van der Waals surface area contributed by atoms with Gasteiger partial charge in [0.05, 0.1) is 17.5 Å². The molecule has 0 aromatic carbocycles. The highest BCUT2D eigenvalue weighted by Gasteiger charge is 2.27. The van der Waals surface area contributed by atoms with Crippen LogP contribution < -0.4 is 0 Å². The Morgan fingerprint density at radius 1 is 1.30 bits per heavy atom. The number of nitrogens with zero attached hydrogens (tertiary/aromatic N) is 4. The van der Waals surface area contributed by atoms with Crippen LogP contribution in [0.1, 0.15) is 41.6 Å². The molecule has 4 rings (SSSR count). The van der Waals surface area contributed by atoms with Crippen molar-refractivity contribution in [1.29, 1.82) is 0 Å². The summed E-state index contributed by atoms with van der Waals surface area (Å²) in [6.07, 6.45) is 10.4. The number of likely N-dealkylation sites (tertiary alicyclic amines) is 1. The first-order valence-electron chi connectivity index (χ1n) is 7.54. The summed E-state index contributed by atoms with van der Waals surface area (Å²) in [5.74, 6) is 0. The lowest BCUT2D eigenvalue weighted by atomic mass is 10.0. The maximum Gasteiger partial charge on any atom is 0.0954 e. The first-order valence-corrected chi connectivity index (χ1v) is 8.42. The van der Waals surface area contributed by atoms with E-state index >= 15 is 0 Å². The van der Waals surface area contributed by atoms with Crippen LogP contribution in [0.15, 0.2) is 18.0 Å². The van der Waals surface area contributed by atoms with E-state index in [0.29, 0.717) is 6.04 Å². The van der Waals surface area contributed by atoms with Crippen LogP contribution in [-0.2, 0) is 19.4 Å². The Bertz CT molecular complexity index is 575. The van der Waals surface area contributed by atoms with Gasteiger partial charge in [0.15, 0.2) is 0 Å². The van der Waals surface area contributed by atoms with Crippen molar-refractivity contribution in [2.45, 2.75) is 44.7 Å². The molecule has 0 bridgehead atoms. The second-order valence-corrected chi connectivity index (χ2v) is 6.87. The zero-order valence-corrected chi connectivity index (χ0v) is 12.5. The van der Waals surface area contributed by atoms with Crippen LogP contribution >= 0.6 is 11.3 Å². The Kier molecular flexibility index (Phi) is 3.32. The second kappa shape index (κ2) is 5.30. The lowest BCUT2D eigenvalue weighted by Crippen LogP contribution is -2.21. The number of thiazole rings is 1. The van der Waals surface area contributed by atoms with E-state index < -0.39 is 0 Å². The van der Waals surface area contributed by atoms with Crippen molar-refractivity contribution in [3.63, 3.8) is 0 Å². The van der Waals surface area contributed by atoms with Crippen LogP contribution in [0.5, 0.6) is 0 Å². The first kappa shape index (κ1) is 12.5. The largest absolute Gasteiger partial charge is 0.330 e. The molecule has 0 radical (unpaired) electrons. The maximum atomic E-state index is 4.64. The van der Waals surface area contributed by atoms with Crippen LogP contribution in [0.3, 0.4) is 0 Å². The van der Waals surface area contributed by atoms with E-state index in [1.54, 1.807) is 11.3 Å². The number of imidazole rings is 1. The lowest BCUT2D eigenvalue weighted by Gasteiger charge is -2.19. The van der Waals surface area contributed by atoms with Crippen molar-refractivity contribution >= 4 is 11.3 Å². The Morgan fingerprint density at radius 3 is 3.15 bits per heavy atom. The quantitative estimate of drug-likeness (QED) is 0.871. The van der Waals surface area contributed by atoms with Crippen molar-refractivity contribution < 1.29 is 0 Å². The minimum Gasteiger partial charge on any atom is -0.330 e. The molecule has 1 atom stereocenters. The van der Waals surface area contributed by atoms with Crippen molar-refractivity contribution in [3.8, 4) is 0 Å². The molecule has 4 nitrogen and oxygen atoms in total. The Hall–Kier alpha value is -1.20. The molecule has 2 aromatic rings. The van der Waals surface area contributed by atoms with Gasteiger partial charge >= 0.3 is 0 Å². The number of rotatable bonds is 3. The number of hydrogen-bond donors (Lipinski definition) is 0. The fraction of sp³-hybridized carbons (Fsp3) is 0.600. The predicted molar refractivity (Wildman–Crippen MR) is 79.9 cm³/mol. The summed E-state index contributed by atoms with van der Waals surface area (Å²) in [5, 5.41) is 0. The highest BCUT2D eigenvalue weighted by molar-refractivity contribution is 7.09. The molecule has 1 fully saturated rings. The van der Waals surface area contributed by atoms with Crippen molar-refractivity contribution in [3.05, 3.63) is 34.3 Å². The van der Waals surface area contributed by atoms with Gasteiger partial charge in [0, 0.05) is 42.4 Å². The fourth-order valence-electron chi connectivity index (χ4n) is 3.53. The molecule has 0 amide bonds. The Balaban J connectivity index is 1.47. The third-order valence-corrected chi connectivity index (χ3v) is 5.33. The summed E-state index contributed by atoms with van der Waals surface area (Å²) in [4.78, 5) is 12.7. The molecule has 1 saturated heterocycles. The molecular weight excluding hydrogens is 268 g/mol. The van der Waals surface area contributed by atoms with E-state index in [0.717, 1.165) is 13.1 Å². The summed E-state index contributed by atoms with van der Waals surface area (Å²) in [6, 6.07) is 0.622. The summed E-state index contributed by atoms with van der Waals surface area (Å²) in [5.41, 5.74) is 4.80. The molecule has 5 heteroatoms. The van der Waals surface area contributed by atoms with Gasteiger partial charge in [0.1, 0.15) is 0 Å². The standard InChI is InChI=1S/C15H20N4S/c1-2-4-15-14(3-1)17-10-19(15)12-5-6-18(8-12)9-13-7-16-11-20-13/h7,10-12H,1-6,8-9H2/t12-/m1/s1. The molecule has 1 aliphatic carbocycles. The van der Waals surface area contributed by atoms with E-state index in [2.05, 4.69) is 25.8 Å². The van der Waals surface area contributed by atoms with Gasteiger partial charge in [0.2, 0.25) is 0 Å². The van der Waals surface area contributed by atoms with Gasteiger partial charge < -0.3 is 4.57 Å². The SMILES string of the molecule is c1ncc(CN2CC[C@@H](n3cnc4c3CCCC4)C2)s1. The fourth-order valence-corrected chi connectivity index (χ4v) is 4.17. The highest BCUT2D eigenvalue weighted by Crippen LogP contribution is 2.29. The highest BCUT2D eigenvalue weighted by atomic mass is 32.1. The summed E-state index contributed by atoms with van der Waals surface area (Å²) in [7, 11) is 0. The number of aryl methyl sites for hydroxylation is 1. The second-order valence-electron chi connectivity index (χ2n) is 5.90. The summed E-state index contributed by atoms with van der Waals surface area (Å²) >= 11 is 1.76. The van der Waals surface area contributed by atoms with E-state index in [4.69, 9.17) is 0 Å². The van der Waals surface area contributed by atoms with Crippen LogP contribution in [0.4, 0.5) is 0 Å². The molecule has 2 aliphatic rings. The Labute approximate surface area is 123 Å². The normalized spacial score (nSPS) is 23.1. The van der Waals surface area contributed by atoms with Crippen LogP contribution in [0.2, 0.25) is 0 Å². The van der Waals surface area contributed by atoms with E-state index in [1.165, 1.54) is 54.9 Å². The van der Waals surface area contributed by atoms with Gasteiger partial charge in [-0.05, 0) is 32.1 Å². The minimum atomic E-state index is 0.622. The zero-order valence-electron chi connectivity index (χ0n) is 11.7. The van der Waals surface area contributed by atoms with Gasteiger partial charge in [-0.2, -0.15) is 0 Å². The van der Waals surface area contributed by atoms with E-state index in [-0.39, 0.29) is 0 Å². The minimum absolute atomic E-state index is 0.622. The molecule has 2 aromatic heterocycles. The lowest BCUT2D eigenvalue weighted by molar-refractivity contribution is 0.317. The average molecular weight is 288 g/mol. The third-order valence-electron chi connectivity index (χ3n) is 4.56. The van der Waals surface area contributed by atoms with Crippen molar-refractivity contribution in [1.82, 2.24) is 19.4 Å². The van der Waals surface area contributed by atoms with Crippen molar-refractivity contribution in [2.24, 2.45) is 0 Å². The molecule has 3 heterocycles. The van der Waals surface area contributed by atoms with Crippen LogP contribution in [-0.4, -0.2) is 32.5 Å². The van der Waals surface area contributed by atoms with Gasteiger partial charge in [-0.15, -0.1) is 11.3 Å². The summed E-state index contributed by atoms with van der Waals surface area (Å²) < 4.78 is 2.47. The van der Waals surface area contributed by atoms with Gasteiger partial charge in [-0.3, -0.25) is 9.88 Å². The van der Waals surface area contributed by atoms with Crippen LogP contribution in [0.25, 0.3) is 0 Å². The Morgan fingerprint density at radius 2 is 2.25 bits per heavy atom.